The highest BCUT2D eigenvalue weighted by molar-refractivity contribution is 5.91. The third kappa shape index (κ3) is 9.54. The number of amides is 2. The topological polar surface area (TPSA) is 148 Å². The summed E-state index contributed by atoms with van der Waals surface area (Å²) in [7, 11) is 0. The largest absolute Gasteiger partial charge is 0.480 e. The number of nitrogens with one attached hydrogen (secondary N) is 2. The predicted molar refractivity (Wildman–Crippen MR) is 112 cm³/mol. The molecule has 0 fully saturated rings. The van der Waals surface area contributed by atoms with Gasteiger partial charge in [-0.2, -0.15) is 0 Å². The van der Waals surface area contributed by atoms with Crippen LogP contribution in [0.25, 0.3) is 0 Å². The molecule has 0 bridgehead atoms. The van der Waals surface area contributed by atoms with Gasteiger partial charge in [0.2, 0.25) is 11.8 Å². The van der Waals surface area contributed by atoms with Crippen LogP contribution < -0.4 is 22.1 Å². The third-order valence-corrected chi connectivity index (χ3v) is 4.54. The number of benzene rings is 1. The normalized spacial score (nSPS) is 14.1. The van der Waals surface area contributed by atoms with E-state index in [2.05, 4.69) is 10.6 Å². The van der Waals surface area contributed by atoms with E-state index in [0.717, 1.165) is 18.4 Å². The van der Waals surface area contributed by atoms with Crippen molar-refractivity contribution in [2.24, 2.45) is 17.4 Å². The Morgan fingerprint density at radius 3 is 2.17 bits per heavy atom. The predicted octanol–water partition coefficient (Wildman–Crippen LogP) is 0.786. The van der Waals surface area contributed by atoms with E-state index in [0.29, 0.717) is 19.4 Å². The van der Waals surface area contributed by atoms with Gasteiger partial charge in [0.15, 0.2) is 0 Å². The molecule has 29 heavy (non-hydrogen) atoms. The van der Waals surface area contributed by atoms with E-state index >= 15 is 0 Å². The highest BCUT2D eigenvalue weighted by Gasteiger charge is 2.28. The number of carbonyl (C=O) groups excluding carboxylic acids is 2. The zero-order valence-electron chi connectivity index (χ0n) is 17.3. The van der Waals surface area contributed by atoms with Crippen molar-refractivity contribution in [2.75, 3.05) is 6.54 Å². The number of unbranched alkanes of at least 4 members (excludes halogenated alkanes) is 1. The van der Waals surface area contributed by atoms with Gasteiger partial charge in [-0.05, 0) is 37.3 Å². The van der Waals surface area contributed by atoms with Gasteiger partial charge in [0.25, 0.3) is 0 Å². The Morgan fingerprint density at radius 2 is 1.62 bits per heavy atom. The molecule has 1 aromatic rings. The molecule has 8 nitrogen and oxygen atoms in total. The summed E-state index contributed by atoms with van der Waals surface area (Å²) >= 11 is 0. The van der Waals surface area contributed by atoms with Gasteiger partial charge in [-0.25, -0.2) is 4.79 Å². The molecule has 0 radical (unpaired) electrons. The van der Waals surface area contributed by atoms with Crippen LogP contribution >= 0.6 is 0 Å². The molecule has 0 saturated heterocycles. The Labute approximate surface area is 172 Å². The minimum Gasteiger partial charge on any atom is -0.480 e. The van der Waals surface area contributed by atoms with Crippen molar-refractivity contribution in [3.63, 3.8) is 0 Å². The van der Waals surface area contributed by atoms with Crippen molar-refractivity contribution >= 4 is 17.8 Å². The maximum absolute atomic E-state index is 12.8. The van der Waals surface area contributed by atoms with E-state index in [1.807, 2.05) is 44.2 Å². The first-order valence-corrected chi connectivity index (χ1v) is 10.1. The number of rotatable bonds is 13. The minimum atomic E-state index is -1.10. The Kier molecular flexibility index (Phi) is 10.9. The fraction of sp³-hybridized carbons (Fsp3) is 0.571. The second-order valence-corrected chi connectivity index (χ2v) is 7.67. The van der Waals surface area contributed by atoms with E-state index in [4.69, 9.17) is 11.5 Å². The summed E-state index contributed by atoms with van der Waals surface area (Å²) < 4.78 is 0. The number of carboxylic acids is 1. The fourth-order valence-corrected chi connectivity index (χ4v) is 2.94. The van der Waals surface area contributed by atoms with Crippen molar-refractivity contribution in [1.82, 2.24) is 10.6 Å². The molecule has 0 aromatic heterocycles. The smallest absolute Gasteiger partial charge is 0.326 e. The lowest BCUT2D eigenvalue weighted by molar-refractivity contribution is -0.142. The van der Waals surface area contributed by atoms with Gasteiger partial charge >= 0.3 is 5.97 Å². The number of hydrogen-bond donors (Lipinski definition) is 5. The molecule has 0 aliphatic heterocycles. The lowest BCUT2D eigenvalue weighted by atomic mass is 10.0. The van der Waals surface area contributed by atoms with Crippen molar-refractivity contribution in [3.05, 3.63) is 35.9 Å². The van der Waals surface area contributed by atoms with Crippen molar-refractivity contribution in [1.29, 1.82) is 0 Å². The van der Waals surface area contributed by atoms with Crippen LogP contribution in [-0.2, 0) is 20.8 Å². The van der Waals surface area contributed by atoms with Gasteiger partial charge in [-0.15, -0.1) is 0 Å². The number of aliphatic carboxylic acids is 1. The van der Waals surface area contributed by atoms with E-state index in [9.17, 15) is 19.5 Å². The molecule has 0 spiro atoms. The summed E-state index contributed by atoms with van der Waals surface area (Å²) in [5, 5.41) is 14.6. The van der Waals surface area contributed by atoms with Crippen LogP contribution in [0.5, 0.6) is 0 Å². The molecule has 2 amide bonds. The molecule has 1 aromatic carbocycles. The summed E-state index contributed by atoms with van der Waals surface area (Å²) in [6, 6.07) is 6.53. The van der Waals surface area contributed by atoms with E-state index in [1.165, 1.54) is 0 Å². The van der Waals surface area contributed by atoms with Crippen LogP contribution in [0.15, 0.2) is 30.3 Å². The Bertz CT molecular complexity index is 651. The van der Waals surface area contributed by atoms with E-state index < -0.39 is 35.9 Å². The molecule has 3 atom stereocenters. The summed E-state index contributed by atoms with van der Waals surface area (Å²) in [6.07, 6.45) is 2.49. The molecular formula is C21H34N4O4. The van der Waals surface area contributed by atoms with Crippen molar-refractivity contribution in [3.8, 4) is 0 Å². The lowest BCUT2D eigenvalue weighted by Crippen LogP contribution is -2.55. The zero-order chi connectivity index (χ0) is 21.8. The quantitative estimate of drug-likeness (QED) is 0.306. The molecule has 1 rings (SSSR count). The maximum atomic E-state index is 12.8. The third-order valence-electron chi connectivity index (χ3n) is 4.54. The Balaban J connectivity index is 2.87. The number of hydrogen-bond acceptors (Lipinski definition) is 5. The molecular weight excluding hydrogens is 372 g/mol. The standard InChI is InChI=1S/C21H34N4O4/c1-14(2)12-18(21(28)29)25-20(27)17(13-15-8-4-3-5-9-15)24-19(26)16(23)10-6-7-11-22/h3-5,8-9,14,16-18H,6-7,10-13,22-23H2,1-2H3,(H,24,26)(H,25,27)(H,28,29). The lowest BCUT2D eigenvalue weighted by Gasteiger charge is -2.23. The first kappa shape index (κ1) is 24.6. The van der Waals surface area contributed by atoms with Crippen LogP contribution in [0.4, 0.5) is 0 Å². The van der Waals surface area contributed by atoms with Crippen LogP contribution in [0.1, 0.15) is 45.1 Å². The second kappa shape index (κ2) is 12.9. The molecule has 7 N–H and O–H groups in total. The average molecular weight is 407 g/mol. The molecule has 0 heterocycles. The van der Waals surface area contributed by atoms with Gasteiger partial charge < -0.3 is 27.2 Å². The van der Waals surface area contributed by atoms with Crippen LogP contribution in [0.2, 0.25) is 0 Å². The SMILES string of the molecule is CC(C)CC(NC(=O)C(Cc1ccccc1)NC(=O)C(N)CCCCN)C(=O)O. The van der Waals surface area contributed by atoms with Gasteiger partial charge in [0, 0.05) is 6.42 Å². The highest BCUT2D eigenvalue weighted by Crippen LogP contribution is 2.08. The summed E-state index contributed by atoms with van der Waals surface area (Å²) in [5.41, 5.74) is 12.2. The number of carbonyl (C=O) groups is 3. The minimum absolute atomic E-state index is 0.0922. The van der Waals surface area contributed by atoms with Gasteiger partial charge in [-0.3, -0.25) is 9.59 Å². The molecule has 0 saturated carbocycles. The van der Waals surface area contributed by atoms with Crippen molar-refractivity contribution < 1.29 is 19.5 Å². The van der Waals surface area contributed by atoms with Gasteiger partial charge in [-0.1, -0.05) is 50.6 Å². The van der Waals surface area contributed by atoms with Crippen LogP contribution in [0, 0.1) is 5.92 Å². The highest BCUT2D eigenvalue weighted by atomic mass is 16.4. The number of carboxylic acid groups (broad SMARTS) is 1. The van der Waals surface area contributed by atoms with E-state index in [1.54, 1.807) is 0 Å². The first-order chi connectivity index (χ1) is 13.7. The van der Waals surface area contributed by atoms with Gasteiger partial charge in [0.1, 0.15) is 12.1 Å². The summed E-state index contributed by atoms with van der Waals surface area (Å²) in [4.78, 5) is 36.8. The van der Waals surface area contributed by atoms with Crippen molar-refractivity contribution in [2.45, 2.75) is 64.1 Å². The monoisotopic (exact) mass is 406 g/mol. The molecule has 3 unspecified atom stereocenters. The molecule has 162 valence electrons. The first-order valence-electron chi connectivity index (χ1n) is 10.1. The maximum Gasteiger partial charge on any atom is 0.326 e. The van der Waals surface area contributed by atoms with Gasteiger partial charge in [0.05, 0.1) is 6.04 Å². The molecule has 0 aliphatic rings. The average Bonchev–Trinajstić information content (AvgIpc) is 2.67. The molecule has 8 heteroatoms. The molecule has 0 aliphatic carbocycles. The van der Waals surface area contributed by atoms with E-state index in [-0.39, 0.29) is 12.3 Å². The number of nitrogens with two attached hydrogens (primary N) is 2. The van der Waals surface area contributed by atoms with Crippen LogP contribution in [0.3, 0.4) is 0 Å². The second-order valence-electron chi connectivity index (χ2n) is 7.67. The summed E-state index contributed by atoms with van der Waals surface area (Å²) in [5.74, 6) is -1.98. The fourth-order valence-electron chi connectivity index (χ4n) is 2.94. The summed E-state index contributed by atoms with van der Waals surface area (Å²) in [6.45, 7) is 4.29. The van der Waals surface area contributed by atoms with Crippen LogP contribution in [-0.4, -0.2) is 47.6 Å². The zero-order valence-corrected chi connectivity index (χ0v) is 17.3. The Morgan fingerprint density at radius 1 is 1.00 bits per heavy atom. The Hall–Kier alpha value is -2.45.